The number of phenolic OH excluding ortho intramolecular Hbond substituents is 2. The van der Waals surface area contributed by atoms with Gasteiger partial charge in [-0.15, -0.1) is 5.11 Å². The Balaban J connectivity index is 2.13. The molecule has 2 rings (SSSR count). The zero-order chi connectivity index (χ0) is 13.7. The Bertz CT molecular complexity index is 580. The molecule has 0 aliphatic carbocycles. The highest BCUT2D eigenvalue weighted by molar-refractivity contribution is 5.54. The predicted octanol–water partition coefficient (Wildman–Crippen LogP) is 3.91. The van der Waals surface area contributed by atoms with Crippen molar-refractivity contribution in [3.63, 3.8) is 0 Å². The van der Waals surface area contributed by atoms with Crippen molar-refractivity contribution >= 4 is 11.4 Å². The average Bonchev–Trinajstić information content (AvgIpc) is 2.40. The minimum Gasteiger partial charge on any atom is -0.508 e. The lowest BCUT2D eigenvalue weighted by Crippen LogP contribution is -1.89. The second-order valence-corrected chi connectivity index (χ2v) is 3.80. The molecule has 0 saturated carbocycles. The van der Waals surface area contributed by atoms with E-state index in [1.807, 2.05) is 6.92 Å². The monoisotopic (exact) mass is 258 g/mol. The SMILES string of the molecule is CCOc1ccc(N=Nc2ccc(O)cc2O)cc1. The Morgan fingerprint density at radius 1 is 1.00 bits per heavy atom. The molecule has 2 aromatic rings. The Morgan fingerprint density at radius 2 is 1.74 bits per heavy atom. The fourth-order valence-corrected chi connectivity index (χ4v) is 1.48. The van der Waals surface area contributed by atoms with Gasteiger partial charge in [-0.3, -0.25) is 0 Å². The van der Waals surface area contributed by atoms with Crippen molar-refractivity contribution in [1.29, 1.82) is 0 Å². The second kappa shape index (κ2) is 5.86. The van der Waals surface area contributed by atoms with Gasteiger partial charge in [0.1, 0.15) is 22.9 Å². The molecule has 2 N–H and O–H groups in total. The summed E-state index contributed by atoms with van der Waals surface area (Å²) in [4.78, 5) is 0. The number of aromatic hydroxyl groups is 2. The van der Waals surface area contributed by atoms with Gasteiger partial charge in [0.05, 0.1) is 12.3 Å². The maximum absolute atomic E-state index is 9.55. The predicted molar refractivity (Wildman–Crippen MR) is 71.6 cm³/mol. The van der Waals surface area contributed by atoms with Gasteiger partial charge in [-0.2, -0.15) is 5.11 Å². The third kappa shape index (κ3) is 3.45. The zero-order valence-electron chi connectivity index (χ0n) is 10.4. The molecule has 0 aliphatic rings. The van der Waals surface area contributed by atoms with Crippen LogP contribution in [0.4, 0.5) is 11.4 Å². The van der Waals surface area contributed by atoms with E-state index in [1.165, 1.54) is 18.2 Å². The first-order chi connectivity index (χ1) is 9.19. The lowest BCUT2D eigenvalue weighted by Gasteiger charge is -2.02. The Hall–Kier alpha value is -2.56. The molecular weight excluding hydrogens is 244 g/mol. The van der Waals surface area contributed by atoms with Gasteiger partial charge in [0.2, 0.25) is 0 Å². The maximum atomic E-state index is 9.55. The van der Waals surface area contributed by atoms with Crippen LogP contribution >= 0.6 is 0 Å². The lowest BCUT2D eigenvalue weighted by molar-refractivity contribution is 0.340. The fourth-order valence-electron chi connectivity index (χ4n) is 1.48. The van der Waals surface area contributed by atoms with Crippen LogP contribution < -0.4 is 4.74 Å². The molecule has 0 bridgehead atoms. The summed E-state index contributed by atoms with van der Waals surface area (Å²) < 4.78 is 5.32. The van der Waals surface area contributed by atoms with Crippen LogP contribution in [0, 0.1) is 0 Å². The number of azo groups is 1. The van der Waals surface area contributed by atoms with Crippen LogP contribution in [0.1, 0.15) is 6.92 Å². The Kier molecular flexibility index (Phi) is 3.97. The molecule has 0 amide bonds. The van der Waals surface area contributed by atoms with Crippen molar-refractivity contribution in [3.8, 4) is 17.2 Å². The van der Waals surface area contributed by atoms with Gasteiger partial charge < -0.3 is 14.9 Å². The third-order valence-corrected chi connectivity index (χ3v) is 2.38. The summed E-state index contributed by atoms with van der Waals surface area (Å²) >= 11 is 0. The largest absolute Gasteiger partial charge is 0.508 e. The summed E-state index contributed by atoms with van der Waals surface area (Å²) in [5.74, 6) is 0.640. The molecule has 5 heteroatoms. The van der Waals surface area contributed by atoms with Gasteiger partial charge in [0.25, 0.3) is 0 Å². The number of ether oxygens (including phenoxy) is 1. The van der Waals surface area contributed by atoms with Gasteiger partial charge in [-0.1, -0.05) is 0 Å². The van der Waals surface area contributed by atoms with Gasteiger partial charge >= 0.3 is 0 Å². The molecule has 0 aliphatic heterocycles. The van der Waals surface area contributed by atoms with E-state index in [0.29, 0.717) is 18.0 Å². The van der Waals surface area contributed by atoms with E-state index >= 15 is 0 Å². The van der Waals surface area contributed by atoms with E-state index in [1.54, 1.807) is 24.3 Å². The molecule has 0 aromatic heterocycles. The molecule has 0 spiro atoms. The van der Waals surface area contributed by atoms with E-state index in [0.717, 1.165) is 5.75 Å². The van der Waals surface area contributed by atoms with Crippen molar-refractivity contribution in [2.45, 2.75) is 6.92 Å². The normalized spacial score (nSPS) is 10.8. The number of hydrogen-bond acceptors (Lipinski definition) is 5. The summed E-state index contributed by atoms with van der Waals surface area (Å²) in [5, 5.41) is 26.6. The van der Waals surface area contributed by atoms with E-state index in [2.05, 4.69) is 10.2 Å². The van der Waals surface area contributed by atoms with Crippen molar-refractivity contribution < 1.29 is 14.9 Å². The van der Waals surface area contributed by atoms with Gasteiger partial charge in [0, 0.05) is 6.07 Å². The highest BCUT2D eigenvalue weighted by atomic mass is 16.5. The van der Waals surface area contributed by atoms with E-state index < -0.39 is 0 Å². The molecule has 0 fully saturated rings. The Labute approximate surface area is 110 Å². The third-order valence-electron chi connectivity index (χ3n) is 2.38. The van der Waals surface area contributed by atoms with Gasteiger partial charge in [-0.05, 0) is 43.3 Å². The highest BCUT2D eigenvalue weighted by Gasteiger charge is 2.00. The van der Waals surface area contributed by atoms with Crippen LogP contribution in [0.25, 0.3) is 0 Å². The molecule has 19 heavy (non-hydrogen) atoms. The quantitative estimate of drug-likeness (QED) is 0.816. The smallest absolute Gasteiger partial charge is 0.146 e. The molecule has 0 atom stereocenters. The van der Waals surface area contributed by atoms with E-state index in [4.69, 9.17) is 9.84 Å². The van der Waals surface area contributed by atoms with Crippen LogP contribution in [-0.2, 0) is 0 Å². The molecule has 98 valence electrons. The fraction of sp³-hybridized carbons (Fsp3) is 0.143. The van der Waals surface area contributed by atoms with Crippen molar-refractivity contribution in [2.75, 3.05) is 6.61 Å². The standard InChI is InChI=1S/C14H14N2O3/c1-2-19-12-6-3-10(4-7-12)15-16-13-8-5-11(17)9-14(13)18/h3-9,17-18H,2H2,1H3. The minimum absolute atomic E-state index is 0.0162. The topological polar surface area (TPSA) is 74.4 Å². The first-order valence-corrected chi connectivity index (χ1v) is 5.85. The molecule has 5 nitrogen and oxygen atoms in total. The second-order valence-electron chi connectivity index (χ2n) is 3.80. The number of phenols is 2. The summed E-state index contributed by atoms with van der Waals surface area (Å²) in [7, 11) is 0. The first kappa shape index (κ1) is 12.9. The highest BCUT2D eigenvalue weighted by Crippen LogP contribution is 2.31. The minimum atomic E-state index is -0.116. The van der Waals surface area contributed by atoms with Crippen molar-refractivity contribution in [3.05, 3.63) is 42.5 Å². The molecule has 0 unspecified atom stereocenters. The van der Waals surface area contributed by atoms with Crippen LogP contribution in [0.5, 0.6) is 17.2 Å². The molecule has 0 heterocycles. The van der Waals surface area contributed by atoms with Crippen molar-refractivity contribution in [2.24, 2.45) is 10.2 Å². The lowest BCUT2D eigenvalue weighted by atomic mass is 10.3. The van der Waals surface area contributed by atoms with Crippen LogP contribution in [0.15, 0.2) is 52.7 Å². The van der Waals surface area contributed by atoms with Gasteiger partial charge in [-0.25, -0.2) is 0 Å². The van der Waals surface area contributed by atoms with Crippen LogP contribution in [0.2, 0.25) is 0 Å². The van der Waals surface area contributed by atoms with Crippen molar-refractivity contribution in [1.82, 2.24) is 0 Å². The summed E-state index contributed by atoms with van der Waals surface area (Å²) in [5.41, 5.74) is 0.947. The molecule has 0 saturated heterocycles. The number of hydrogen-bond donors (Lipinski definition) is 2. The summed E-state index contributed by atoms with van der Waals surface area (Å²) in [6.45, 7) is 2.53. The summed E-state index contributed by atoms with van der Waals surface area (Å²) in [6.07, 6.45) is 0. The van der Waals surface area contributed by atoms with Gasteiger partial charge in [0.15, 0.2) is 0 Å². The number of benzene rings is 2. The number of nitrogens with zero attached hydrogens (tertiary/aromatic N) is 2. The van der Waals surface area contributed by atoms with Crippen LogP contribution in [-0.4, -0.2) is 16.8 Å². The Morgan fingerprint density at radius 3 is 2.37 bits per heavy atom. The van der Waals surface area contributed by atoms with E-state index in [-0.39, 0.29) is 11.5 Å². The number of rotatable bonds is 4. The summed E-state index contributed by atoms with van der Waals surface area (Å²) in [6, 6.07) is 11.3. The molecule has 0 radical (unpaired) electrons. The first-order valence-electron chi connectivity index (χ1n) is 5.85. The molecule has 2 aromatic carbocycles. The molecular formula is C14H14N2O3. The average molecular weight is 258 g/mol. The maximum Gasteiger partial charge on any atom is 0.146 e. The van der Waals surface area contributed by atoms with E-state index in [9.17, 15) is 5.11 Å². The zero-order valence-corrected chi connectivity index (χ0v) is 10.4. The van der Waals surface area contributed by atoms with Crippen LogP contribution in [0.3, 0.4) is 0 Å².